The Morgan fingerprint density at radius 2 is 1.44 bits per heavy atom. The van der Waals surface area contributed by atoms with E-state index in [0.29, 0.717) is 12.2 Å². The van der Waals surface area contributed by atoms with Crippen molar-refractivity contribution in [1.29, 1.82) is 0 Å². The third-order valence-electron chi connectivity index (χ3n) is 4.55. The Labute approximate surface area is 167 Å². The molecule has 10 unspecified atom stereocenters. The monoisotopic (exact) mass is 432 g/mol. The first-order valence-electron chi connectivity index (χ1n) is 8.66. The minimum Gasteiger partial charge on any atom is -0.394 e. The van der Waals surface area contributed by atoms with Crippen LogP contribution in [0.5, 0.6) is 0 Å². The van der Waals surface area contributed by atoms with Crippen molar-refractivity contribution < 1.29 is 49.6 Å². The summed E-state index contributed by atoms with van der Waals surface area (Å²) in [5.41, 5.74) is 0. The van der Waals surface area contributed by atoms with Crippen LogP contribution < -0.4 is 0 Å². The second-order valence-electron chi connectivity index (χ2n) is 6.45. The van der Waals surface area contributed by atoms with E-state index in [-0.39, 0.29) is 12.4 Å². The number of ether oxygens (including phenoxy) is 4. The molecule has 0 spiro atoms. The molecule has 12 heteroatoms. The summed E-state index contributed by atoms with van der Waals surface area (Å²) >= 11 is 8.07. The second-order valence-corrected chi connectivity index (χ2v) is 7.26. The van der Waals surface area contributed by atoms with E-state index in [1.54, 1.807) is 0 Å². The van der Waals surface area contributed by atoms with Gasteiger partial charge in [-0.1, -0.05) is 0 Å². The highest BCUT2D eigenvalue weighted by Gasteiger charge is 2.50. The van der Waals surface area contributed by atoms with E-state index in [2.05, 4.69) is 25.3 Å². The van der Waals surface area contributed by atoms with Gasteiger partial charge in [-0.15, -0.1) is 0 Å². The Hall–Kier alpha value is 0.300. The van der Waals surface area contributed by atoms with Crippen molar-refractivity contribution in [1.82, 2.24) is 0 Å². The molecule has 0 saturated carbocycles. The van der Waals surface area contributed by atoms with Crippen LogP contribution in [0.3, 0.4) is 0 Å². The maximum absolute atomic E-state index is 10.5. The molecule has 6 N–H and O–H groups in total. The zero-order chi connectivity index (χ0) is 20.1. The molecule has 0 aliphatic carbocycles. The SMILES string of the molecule is OCC1OC(OCCCS)C(O)C(OC2OC(CS)C(O)C(O)C2O)C1O. The molecular weight excluding hydrogens is 404 g/mol. The van der Waals surface area contributed by atoms with Gasteiger partial charge in [-0.3, -0.25) is 0 Å². The number of thiol groups is 2. The molecule has 0 amide bonds. The fourth-order valence-electron chi connectivity index (χ4n) is 2.95. The highest BCUT2D eigenvalue weighted by atomic mass is 32.1. The molecule has 10 nitrogen and oxygen atoms in total. The number of rotatable bonds is 8. The molecule has 27 heavy (non-hydrogen) atoms. The molecule has 0 aromatic carbocycles. The first-order chi connectivity index (χ1) is 12.8. The van der Waals surface area contributed by atoms with Gasteiger partial charge in [0.25, 0.3) is 0 Å². The molecule has 2 aliphatic heterocycles. The highest BCUT2D eigenvalue weighted by molar-refractivity contribution is 7.80. The Morgan fingerprint density at radius 1 is 0.778 bits per heavy atom. The zero-order valence-corrected chi connectivity index (χ0v) is 16.3. The highest BCUT2D eigenvalue weighted by Crippen LogP contribution is 2.29. The van der Waals surface area contributed by atoms with E-state index in [0.717, 1.165) is 0 Å². The summed E-state index contributed by atoms with van der Waals surface area (Å²) < 4.78 is 21.7. The van der Waals surface area contributed by atoms with Gasteiger partial charge in [0.2, 0.25) is 0 Å². The van der Waals surface area contributed by atoms with Crippen molar-refractivity contribution in [2.45, 2.75) is 67.8 Å². The van der Waals surface area contributed by atoms with Gasteiger partial charge in [-0.05, 0) is 12.2 Å². The molecule has 0 bridgehead atoms. The lowest BCUT2D eigenvalue weighted by Crippen LogP contribution is -2.64. The predicted octanol–water partition coefficient (Wildman–Crippen LogP) is -3.12. The van der Waals surface area contributed by atoms with Gasteiger partial charge in [0.15, 0.2) is 12.6 Å². The fraction of sp³-hybridized carbons (Fsp3) is 1.00. The van der Waals surface area contributed by atoms with Crippen LogP contribution in [0, 0.1) is 0 Å². The first-order valence-corrected chi connectivity index (χ1v) is 9.93. The lowest BCUT2D eigenvalue weighted by Gasteiger charge is -2.46. The molecule has 2 saturated heterocycles. The molecule has 0 aromatic rings. The Morgan fingerprint density at radius 3 is 2.04 bits per heavy atom. The van der Waals surface area contributed by atoms with Crippen LogP contribution in [0.15, 0.2) is 0 Å². The summed E-state index contributed by atoms with van der Waals surface area (Å²) in [6.45, 7) is -0.337. The summed E-state index contributed by atoms with van der Waals surface area (Å²) in [5, 5.41) is 60.2. The van der Waals surface area contributed by atoms with Crippen LogP contribution in [0.25, 0.3) is 0 Å². The summed E-state index contributed by atoms with van der Waals surface area (Å²) in [4.78, 5) is 0. The van der Waals surface area contributed by atoms with E-state index in [4.69, 9.17) is 18.9 Å². The van der Waals surface area contributed by atoms with Crippen molar-refractivity contribution in [3.05, 3.63) is 0 Å². The minimum atomic E-state index is -1.63. The quantitative estimate of drug-likeness (QED) is 0.146. The molecule has 2 aliphatic rings. The molecule has 2 rings (SSSR count). The largest absolute Gasteiger partial charge is 0.394 e. The van der Waals surface area contributed by atoms with Gasteiger partial charge < -0.3 is 49.6 Å². The molecule has 2 heterocycles. The second kappa shape index (κ2) is 10.9. The zero-order valence-electron chi connectivity index (χ0n) is 14.5. The number of aliphatic hydroxyl groups excluding tert-OH is 6. The minimum absolute atomic E-state index is 0.0401. The van der Waals surface area contributed by atoms with Crippen LogP contribution >= 0.6 is 25.3 Å². The van der Waals surface area contributed by atoms with Gasteiger partial charge in [0.05, 0.1) is 19.3 Å². The van der Waals surface area contributed by atoms with E-state index in [1.807, 2.05) is 0 Å². The van der Waals surface area contributed by atoms with Crippen molar-refractivity contribution in [3.8, 4) is 0 Å². The molecular formula is C15H28O10S2. The van der Waals surface area contributed by atoms with Crippen molar-refractivity contribution in [2.75, 3.05) is 24.7 Å². The third-order valence-corrected chi connectivity index (χ3v) is 5.22. The molecule has 0 aromatic heterocycles. The summed E-state index contributed by atoms with van der Waals surface area (Å²) in [5.74, 6) is 0.598. The van der Waals surface area contributed by atoms with Crippen LogP contribution in [-0.4, -0.2) is 117 Å². The smallest absolute Gasteiger partial charge is 0.187 e. The van der Waals surface area contributed by atoms with Gasteiger partial charge in [0, 0.05) is 5.75 Å². The maximum Gasteiger partial charge on any atom is 0.187 e. The van der Waals surface area contributed by atoms with Crippen LogP contribution in [0.2, 0.25) is 0 Å². The molecule has 10 atom stereocenters. The summed E-state index contributed by atoms with van der Waals surface area (Å²) in [6, 6.07) is 0. The Kier molecular flexibility index (Phi) is 9.52. The maximum atomic E-state index is 10.5. The topological polar surface area (TPSA) is 158 Å². The lowest BCUT2D eigenvalue weighted by molar-refractivity contribution is -0.356. The average molecular weight is 433 g/mol. The van der Waals surface area contributed by atoms with Crippen molar-refractivity contribution in [2.24, 2.45) is 0 Å². The number of hydrogen-bond acceptors (Lipinski definition) is 12. The van der Waals surface area contributed by atoms with Crippen LogP contribution in [0.4, 0.5) is 0 Å². The Bertz CT molecular complexity index is 445. The normalized spacial score (nSPS) is 45.8. The van der Waals surface area contributed by atoms with Gasteiger partial charge in [-0.2, -0.15) is 25.3 Å². The first kappa shape index (κ1) is 23.6. The molecule has 2 fully saturated rings. The lowest BCUT2D eigenvalue weighted by atomic mass is 9.97. The van der Waals surface area contributed by atoms with Gasteiger partial charge in [-0.25, -0.2) is 0 Å². The molecule has 160 valence electrons. The summed E-state index contributed by atoms with van der Waals surface area (Å²) in [6.07, 6.45) is -12.9. The number of hydrogen-bond donors (Lipinski definition) is 8. The van der Waals surface area contributed by atoms with Gasteiger partial charge in [0.1, 0.15) is 42.7 Å². The molecule has 0 radical (unpaired) electrons. The van der Waals surface area contributed by atoms with Crippen molar-refractivity contribution >= 4 is 25.3 Å². The predicted molar refractivity (Wildman–Crippen MR) is 97.6 cm³/mol. The van der Waals surface area contributed by atoms with Crippen LogP contribution in [0.1, 0.15) is 6.42 Å². The van der Waals surface area contributed by atoms with E-state index < -0.39 is 68.0 Å². The third kappa shape index (κ3) is 5.47. The number of aliphatic hydroxyl groups is 6. The fourth-order valence-corrected chi connectivity index (χ4v) is 3.38. The summed E-state index contributed by atoms with van der Waals surface area (Å²) in [7, 11) is 0. The Balaban J connectivity index is 2.10. The van der Waals surface area contributed by atoms with E-state index in [1.165, 1.54) is 0 Å². The average Bonchev–Trinajstić information content (AvgIpc) is 2.66. The van der Waals surface area contributed by atoms with Gasteiger partial charge >= 0.3 is 0 Å². The van der Waals surface area contributed by atoms with E-state index >= 15 is 0 Å². The van der Waals surface area contributed by atoms with Crippen LogP contribution in [-0.2, 0) is 18.9 Å². The van der Waals surface area contributed by atoms with Crippen molar-refractivity contribution in [3.63, 3.8) is 0 Å². The van der Waals surface area contributed by atoms with E-state index in [9.17, 15) is 30.6 Å². The standard InChI is InChI=1S/C15H28O10S2/c16-4-6-9(18)13(12(21)14(23-6)22-2-1-3-26)25-15-11(20)10(19)8(17)7(5-27)24-15/h6-21,26-27H,1-5H2.